The molecule has 2 aromatic carbocycles. The standard InChI is InChI=1S/C32H36ClFN6O2/c1-4-26(41)39-12-14-40(15-13-39)31-22-17-24(33)28(27-20(3)7-10-25-23(27)18-35-38-25)29(34)30(22)36-32(37-31)42-16-11-21-8-5-19(2)6-9-21/h4,7,10,17-19,21H,1,5-6,8-9,11-16H2,2-3H3,(H,35,38). The normalized spacial score (nSPS) is 19.4. The number of benzene rings is 2. The second-order valence-electron chi connectivity index (χ2n) is 11.6. The molecule has 2 aromatic heterocycles. The van der Waals surface area contributed by atoms with E-state index in [4.69, 9.17) is 21.3 Å². The number of amides is 1. The summed E-state index contributed by atoms with van der Waals surface area (Å²) in [4.78, 5) is 25.4. The number of anilines is 1. The van der Waals surface area contributed by atoms with E-state index in [0.717, 1.165) is 28.8 Å². The summed E-state index contributed by atoms with van der Waals surface area (Å²) in [5.74, 6) is 1.33. The minimum atomic E-state index is -0.524. The fourth-order valence-electron chi connectivity index (χ4n) is 6.36. The van der Waals surface area contributed by atoms with Crippen molar-refractivity contribution in [2.45, 2.75) is 46.0 Å². The van der Waals surface area contributed by atoms with Gasteiger partial charge in [0.1, 0.15) is 11.3 Å². The van der Waals surface area contributed by atoms with Gasteiger partial charge >= 0.3 is 6.01 Å². The van der Waals surface area contributed by atoms with Gasteiger partial charge in [0.25, 0.3) is 0 Å². The molecule has 42 heavy (non-hydrogen) atoms. The Morgan fingerprint density at radius 3 is 2.64 bits per heavy atom. The summed E-state index contributed by atoms with van der Waals surface area (Å²) in [5.41, 5.74) is 2.78. The number of aromatic nitrogens is 4. The highest BCUT2D eigenvalue weighted by Crippen LogP contribution is 2.42. The van der Waals surface area contributed by atoms with E-state index in [1.54, 1.807) is 17.2 Å². The Hall–Kier alpha value is -3.72. The number of nitrogens with zero attached hydrogens (tertiary/aromatic N) is 5. The summed E-state index contributed by atoms with van der Waals surface area (Å²) in [6.07, 6.45) is 8.84. The van der Waals surface area contributed by atoms with Crippen molar-refractivity contribution in [3.8, 4) is 17.1 Å². The van der Waals surface area contributed by atoms with E-state index < -0.39 is 5.82 Å². The van der Waals surface area contributed by atoms with E-state index in [1.165, 1.54) is 31.8 Å². The first-order chi connectivity index (χ1) is 20.3. The number of nitrogens with one attached hydrogen (secondary N) is 1. The minimum absolute atomic E-state index is 0.106. The summed E-state index contributed by atoms with van der Waals surface area (Å²) in [6, 6.07) is 5.74. The third-order valence-electron chi connectivity index (χ3n) is 8.88. The molecule has 1 N–H and O–H groups in total. The Balaban J connectivity index is 1.40. The number of ether oxygens (including phenoxy) is 1. The van der Waals surface area contributed by atoms with Crippen LogP contribution >= 0.6 is 11.6 Å². The molecule has 2 aliphatic rings. The third-order valence-corrected chi connectivity index (χ3v) is 9.18. The van der Waals surface area contributed by atoms with Gasteiger partial charge in [0.15, 0.2) is 5.82 Å². The van der Waals surface area contributed by atoms with Gasteiger partial charge in [-0.1, -0.05) is 56.9 Å². The van der Waals surface area contributed by atoms with Crippen molar-refractivity contribution in [1.29, 1.82) is 0 Å². The number of H-pyrrole nitrogens is 1. The zero-order valence-corrected chi connectivity index (χ0v) is 24.9. The van der Waals surface area contributed by atoms with E-state index in [1.807, 2.05) is 24.0 Å². The van der Waals surface area contributed by atoms with Crippen LogP contribution in [0.1, 0.15) is 44.6 Å². The molecule has 0 radical (unpaired) electrons. The topological polar surface area (TPSA) is 87.2 Å². The van der Waals surface area contributed by atoms with Crippen LogP contribution in [0.15, 0.2) is 37.1 Å². The number of carbonyl (C=O) groups excluding carboxylic acids is 1. The van der Waals surface area contributed by atoms with Crippen LogP contribution in [0.3, 0.4) is 0 Å². The highest BCUT2D eigenvalue weighted by atomic mass is 35.5. The highest BCUT2D eigenvalue weighted by molar-refractivity contribution is 6.35. The number of hydrogen-bond donors (Lipinski definition) is 1. The van der Waals surface area contributed by atoms with Gasteiger partial charge in [-0.3, -0.25) is 9.89 Å². The molecule has 3 heterocycles. The number of carbonyl (C=O) groups is 1. The number of rotatable bonds is 7. The molecule has 1 amide bonds. The van der Waals surface area contributed by atoms with Gasteiger partial charge in [-0.25, -0.2) is 4.39 Å². The maximum absolute atomic E-state index is 16.7. The monoisotopic (exact) mass is 590 g/mol. The van der Waals surface area contributed by atoms with E-state index in [0.29, 0.717) is 55.5 Å². The number of aromatic amines is 1. The van der Waals surface area contributed by atoms with Gasteiger partial charge in [0.05, 0.1) is 23.3 Å². The average molecular weight is 591 g/mol. The second kappa shape index (κ2) is 11.9. The molecular formula is C32H36ClFN6O2. The minimum Gasteiger partial charge on any atom is -0.463 e. The second-order valence-corrected chi connectivity index (χ2v) is 12.0. The van der Waals surface area contributed by atoms with Gasteiger partial charge in [0, 0.05) is 48.1 Å². The maximum Gasteiger partial charge on any atom is 0.319 e. The number of halogens is 2. The van der Waals surface area contributed by atoms with Crippen molar-refractivity contribution in [2.24, 2.45) is 11.8 Å². The smallest absolute Gasteiger partial charge is 0.319 e. The van der Waals surface area contributed by atoms with E-state index in [-0.39, 0.29) is 28.0 Å². The van der Waals surface area contributed by atoms with Gasteiger partial charge in [-0.05, 0) is 49.0 Å². The van der Waals surface area contributed by atoms with Gasteiger partial charge in [0.2, 0.25) is 5.91 Å². The lowest BCUT2D eigenvalue weighted by atomic mass is 9.82. The molecule has 0 unspecified atom stereocenters. The van der Waals surface area contributed by atoms with Gasteiger partial charge < -0.3 is 14.5 Å². The van der Waals surface area contributed by atoms with Crippen molar-refractivity contribution in [3.63, 3.8) is 0 Å². The molecule has 0 spiro atoms. The van der Waals surface area contributed by atoms with Crippen molar-refractivity contribution in [3.05, 3.63) is 53.5 Å². The SMILES string of the molecule is C=CC(=O)N1CCN(c2nc(OCCC3CCC(C)CC3)nc3c(F)c(-c4c(C)ccc5[nH]ncc45)c(Cl)cc23)CC1. The number of hydrogen-bond acceptors (Lipinski definition) is 6. The molecular weight excluding hydrogens is 555 g/mol. The van der Waals surface area contributed by atoms with Crippen molar-refractivity contribution < 1.29 is 13.9 Å². The Morgan fingerprint density at radius 2 is 1.90 bits per heavy atom. The van der Waals surface area contributed by atoms with E-state index in [2.05, 4.69) is 28.7 Å². The molecule has 4 aromatic rings. The molecule has 2 fully saturated rings. The lowest BCUT2D eigenvalue weighted by Gasteiger charge is -2.35. The van der Waals surface area contributed by atoms with Crippen LogP contribution in [-0.4, -0.2) is 63.8 Å². The maximum atomic E-state index is 16.7. The fourth-order valence-corrected chi connectivity index (χ4v) is 6.64. The first-order valence-electron chi connectivity index (χ1n) is 14.8. The average Bonchev–Trinajstić information content (AvgIpc) is 3.48. The molecule has 1 aliphatic carbocycles. The van der Waals surface area contributed by atoms with Crippen molar-refractivity contribution in [2.75, 3.05) is 37.7 Å². The number of fused-ring (bicyclic) bond motifs is 2. The zero-order chi connectivity index (χ0) is 29.4. The first kappa shape index (κ1) is 28.4. The largest absolute Gasteiger partial charge is 0.463 e. The Morgan fingerprint density at radius 1 is 1.14 bits per heavy atom. The molecule has 0 atom stereocenters. The lowest BCUT2D eigenvalue weighted by molar-refractivity contribution is -0.126. The third kappa shape index (κ3) is 5.42. The summed E-state index contributed by atoms with van der Waals surface area (Å²) in [6.45, 7) is 10.4. The Labute approximate surface area is 249 Å². The quantitative estimate of drug-likeness (QED) is 0.241. The van der Waals surface area contributed by atoms with Crippen LogP contribution in [0.4, 0.5) is 10.2 Å². The summed E-state index contributed by atoms with van der Waals surface area (Å²) in [5, 5.41) is 8.68. The first-order valence-corrected chi connectivity index (χ1v) is 15.1. The highest BCUT2D eigenvalue weighted by Gasteiger charge is 2.27. The lowest BCUT2D eigenvalue weighted by Crippen LogP contribution is -2.48. The number of piperazine rings is 1. The van der Waals surface area contributed by atoms with Crippen LogP contribution in [0, 0.1) is 24.6 Å². The molecule has 10 heteroatoms. The molecule has 6 rings (SSSR count). The van der Waals surface area contributed by atoms with E-state index in [9.17, 15) is 4.79 Å². The zero-order valence-electron chi connectivity index (χ0n) is 24.1. The van der Waals surface area contributed by atoms with Crippen LogP contribution in [0.25, 0.3) is 32.9 Å². The predicted molar refractivity (Wildman–Crippen MR) is 165 cm³/mol. The van der Waals surface area contributed by atoms with Crippen LogP contribution < -0.4 is 9.64 Å². The summed E-state index contributed by atoms with van der Waals surface area (Å²) in [7, 11) is 0. The van der Waals surface area contributed by atoms with E-state index >= 15 is 4.39 Å². The fraction of sp³-hybridized carbons (Fsp3) is 0.438. The van der Waals surface area contributed by atoms with Crippen molar-refractivity contribution >= 4 is 45.1 Å². The Bertz CT molecular complexity index is 1640. The number of aryl methyl sites for hydroxylation is 1. The van der Waals surface area contributed by atoms with Crippen LogP contribution in [-0.2, 0) is 4.79 Å². The predicted octanol–water partition coefficient (Wildman–Crippen LogP) is 6.70. The van der Waals surface area contributed by atoms with Crippen LogP contribution in [0.5, 0.6) is 6.01 Å². The molecule has 1 saturated heterocycles. The summed E-state index contributed by atoms with van der Waals surface area (Å²) < 4.78 is 22.8. The van der Waals surface area contributed by atoms with Gasteiger partial charge in [-0.15, -0.1) is 0 Å². The molecule has 1 aliphatic heterocycles. The molecule has 220 valence electrons. The van der Waals surface area contributed by atoms with Crippen molar-refractivity contribution in [1.82, 2.24) is 25.1 Å². The summed E-state index contributed by atoms with van der Waals surface area (Å²) >= 11 is 6.86. The van der Waals surface area contributed by atoms with Crippen LogP contribution in [0.2, 0.25) is 5.02 Å². The molecule has 8 nitrogen and oxygen atoms in total. The van der Waals surface area contributed by atoms with Gasteiger partial charge in [-0.2, -0.15) is 15.1 Å². The molecule has 1 saturated carbocycles. The molecule has 0 bridgehead atoms. The Kier molecular flexibility index (Phi) is 8.03.